The molecule has 1 aromatic heterocycles. The van der Waals surface area contributed by atoms with Crippen molar-refractivity contribution in [2.24, 2.45) is 0 Å². The zero-order valence-electron chi connectivity index (χ0n) is 10.7. The molecule has 0 fully saturated rings. The van der Waals surface area contributed by atoms with Crippen LogP contribution in [0.1, 0.15) is 16.9 Å². The van der Waals surface area contributed by atoms with E-state index in [4.69, 9.17) is 5.26 Å². The fourth-order valence-corrected chi connectivity index (χ4v) is 2.02. The van der Waals surface area contributed by atoms with Crippen LogP contribution < -0.4 is 5.32 Å². The van der Waals surface area contributed by atoms with Crippen molar-refractivity contribution in [1.29, 1.82) is 5.26 Å². The molecule has 0 saturated heterocycles. The van der Waals surface area contributed by atoms with Crippen molar-refractivity contribution < 1.29 is 14.7 Å². The number of hydrogen-bond acceptors (Lipinski definition) is 3. The van der Waals surface area contributed by atoms with Gasteiger partial charge < -0.3 is 15.0 Å². The number of rotatable bonds is 5. The van der Waals surface area contributed by atoms with Gasteiger partial charge >= 0.3 is 5.97 Å². The van der Waals surface area contributed by atoms with Gasteiger partial charge in [-0.05, 0) is 12.1 Å². The summed E-state index contributed by atoms with van der Waals surface area (Å²) >= 11 is 0. The van der Waals surface area contributed by atoms with Crippen LogP contribution in [0.5, 0.6) is 0 Å². The number of carboxylic acid groups (broad SMARTS) is 1. The summed E-state index contributed by atoms with van der Waals surface area (Å²) in [6, 6.07) is 10.6. The van der Waals surface area contributed by atoms with Crippen LogP contribution in [0.15, 0.2) is 30.3 Å². The van der Waals surface area contributed by atoms with E-state index >= 15 is 0 Å². The Kier molecular flexibility index (Phi) is 4.01. The molecule has 2 aromatic rings. The molecule has 102 valence electrons. The lowest BCUT2D eigenvalue weighted by Gasteiger charge is -2.08. The number of nitrogens with zero attached hydrogens (tertiary/aromatic N) is 2. The van der Waals surface area contributed by atoms with Gasteiger partial charge in [-0.1, -0.05) is 18.2 Å². The second-order valence-corrected chi connectivity index (χ2v) is 4.24. The van der Waals surface area contributed by atoms with Gasteiger partial charge in [0.1, 0.15) is 12.2 Å². The second-order valence-electron chi connectivity index (χ2n) is 4.24. The smallest absolute Gasteiger partial charge is 0.352 e. The maximum atomic E-state index is 11.8. The first-order valence-corrected chi connectivity index (χ1v) is 6.08. The minimum atomic E-state index is -1.08. The number of aromatic carboxylic acids is 1. The number of nitrogens with one attached hydrogen (secondary N) is 1. The topological polar surface area (TPSA) is 95.1 Å². The number of nitriles is 1. The molecular weight excluding hydrogens is 258 g/mol. The Morgan fingerprint density at radius 2 is 2.10 bits per heavy atom. The molecule has 0 atom stereocenters. The zero-order chi connectivity index (χ0) is 14.5. The SMILES string of the molecule is N#CCCNC(=O)Cn1c(C(=O)O)cc2ccccc21. The first-order chi connectivity index (χ1) is 9.63. The lowest BCUT2D eigenvalue weighted by molar-refractivity contribution is -0.121. The number of amides is 1. The first-order valence-electron chi connectivity index (χ1n) is 6.08. The number of carbonyl (C=O) groups excluding carboxylic acids is 1. The molecule has 0 aliphatic heterocycles. The second kappa shape index (κ2) is 5.89. The maximum Gasteiger partial charge on any atom is 0.352 e. The van der Waals surface area contributed by atoms with Crippen LogP contribution in [-0.4, -0.2) is 28.1 Å². The Hall–Kier alpha value is -2.81. The average molecular weight is 271 g/mol. The van der Waals surface area contributed by atoms with Crippen LogP contribution in [-0.2, 0) is 11.3 Å². The predicted molar refractivity (Wildman–Crippen MR) is 72.1 cm³/mol. The zero-order valence-corrected chi connectivity index (χ0v) is 10.7. The van der Waals surface area contributed by atoms with E-state index < -0.39 is 5.97 Å². The van der Waals surface area contributed by atoms with E-state index in [1.807, 2.05) is 12.1 Å². The van der Waals surface area contributed by atoms with Crippen LogP contribution in [0.3, 0.4) is 0 Å². The van der Waals surface area contributed by atoms with Gasteiger partial charge in [-0.2, -0.15) is 5.26 Å². The third-order valence-electron chi connectivity index (χ3n) is 2.89. The molecule has 0 aliphatic carbocycles. The van der Waals surface area contributed by atoms with Gasteiger partial charge in [0.15, 0.2) is 0 Å². The van der Waals surface area contributed by atoms with E-state index in [1.54, 1.807) is 24.3 Å². The number of aromatic nitrogens is 1. The molecule has 0 saturated carbocycles. The van der Waals surface area contributed by atoms with Crippen LogP contribution >= 0.6 is 0 Å². The Morgan fingerprint density at radius 3 is 2.80 bits per heavy atom. The van der Waals surface area contributed by atoms with Crippen molar-refractivity contribution in [3.8, 4) is 6.07 Å². The Balaban J connectivity index is 2.28. The number of benzene rings is 1. The fourth-order valence-electron chi connectivity index (χ4n) is 2.02. The number of carboxylic acids is 1. The van der Waals surface area contributed by atoms with Crippen LogP contribution in [0.2, 0.25) is 0 Å². The summed E-state index contributed by atoms with van der Waals surface area (Å²) in [7, 11) is 0. The van der Waals surface area contributed by atoms with Crippen molar-refractivity contribution in [2.75, 3.05) is 6.54 Å². The number of hydrogen-bond donors (Lipinski definition) is 2. The maximum absolute atomic E-state index is 11.8. The molecule has 6 heteroatoms. The lowest BCUT2D eigenvalue weighted by Crippen LogP contribution is -2.29. The van der Waals surface area contributed by atoms with E-state index in [1.165, 1.54) is 4.57 Å². The third-order valence-corrected chi connectivity index (χ3v) is 2.89. The number of para-hydroxylation sites is 1. The highest BCUT2D eigenvalue weighted by Crippen LogP contribution is 2.19. The van der Waals surface area contributed by atoms with Crippen LogP contribution in [0, 0.1) is 11.3 Å². The largest absolute Gasteiger partial charge is 0.477 e. The van der Waals surface area contributed by atoms with Crippen molar-refractivity contribution >= 4 is 22.8 Å². The molecule has 1 heterocycles. The standard InChI is InChI=1S/C14H13N3O3/c15-6-3-7-16-13(18)9-17-11-5-2-1-4-10(11)8-12(17)14(19)20/h1-2,4-5,8H,3,7,9H2,(H,16,18)(H,19,20). The molecule has 2 rings (SSSR count). The lowest BCUT2D eigenvalue weighted by atomic mass is 10.2. The van der Waals surface area contributed by atoms with E-state index in [0.29, 0.717) is 5.52 Å². The summed E-state index contributed by atoms with van der Waals surface area (Å²) in [6.45, 7) is 0.178. The Bertz CT molecular complexity index is 697. The molecule has 1 amide bonds. The molecule has 0 bridgehead atoms. The molecule has 20 heavy (non-hydrogen) atoms. The normalized spacial score (nSPS) is 10.2. The van der Waals surface area contributed by atoms with E-state index in [2.05, 4.69) is 5.32 Å². The predicted octanol–water partition coefficient (Wildman–Crippen LogP) is 1.37. The van der Waals surface area contributed by atoms with E-state index in [9.17, 15) is 14.7 Å². The number of fused-ring (bicyclic) bond motifs is 1. The summed E-state index contributed by atoms with van der Waals surface area (Å²) in [5.74, 6) is -1.39. The van der Waals surface area contributed by atoms with Crippen molar-refractivity contribution in [3.05, 3.63) is 36.0 Å². The Morgan fingerprint density at radius 1 is 1.35 bits per heavy atom. The van der Waals surface area contributed by atoms with Gasteiger partial charge in [0.25, 0.3) is 0 Å². The summed E-state index contributed by atoms with van der Waals surface area (Å²) < 4.78 is 1.46. The van der Waals surface area contributed by atoms with Gasteiger partial charge in [0.2, 0.25) is 5.91 Å². The highest BCUT2D eigenvalue weighted by Gasteiger charge is 2.16. The van der Waals surface area contributed by atoms with E-state index in [-0.39, 0.29) is 31.1 Å². The third kappa shape index (κ3) is 2.78. The molecule has 0 spiro atoms. The molecule has 6 nitrogen and oxygen atoms in total. The monoisotopic (exact) mass is 271 g/mol. The molecule has 0 radical (unpaired) electrons. The van der Waals surface area contributed by atoms with Gasteiger partial charge in [-0.25, -0.2) is 4.79 Å². The molecular formula is C14H13N3O3. The summed E-state index contributed by atoms with van der Waals surface area (Å²) in [4.78, 5) is 23.0. The minimum absolute atomic E-state index is 0.0710. The highest BCUT2D eigenvalue weighted by atomic mass is 16.4. The number of carbonyl (C=O) groups is 2. The first kappa shape index (κ1) is 13.6. The average Bonchev–Trinajstić information content (AvgIpc) is 2.78. The molecule has 0 unspecified atom stereocenters. The quantitative estimate of drug-likeness (QED) is 0.803. The molecule has 1 aromatic carbocycles. The van der Waals surface area contributed by atoms with Gasteiger partial charge in [0.05, 0.1) is 12.5 Å². The Labute approximate surface area is 115 Å². The van der Waals surface area contributed by atoms with Gasteiger partial charge in [-0.15, -0.1) is 0 Å². The van der Waals surface area contributed by atoms with Crippen molar-refractivity contribution in [2.45, 2.75) is 13.0 Å². The van der Waals surface area contributed by atoms with Crippen LogP contribution in [0.25, 0.3) is 10.9 Å². The van der Waals surface area contributed by atoms with Crippen molar-refractivity contribution in [3.63, 3.8) is 0 Å². The molecule has 2 N–H and O–H groups in total. The van der Waals surface area contributed by atoms with E-state index in [0.717, 1.165) is 5.39 Å². The summed E-state index contributed by atoms with van der Waals surface area (Å²) in [5, 5.41) is 21.0. The summed E-state index contributed by atoms with van der Waals surface area (Å²) in [6.07, 6.45) is 0.226. The van der Waals surface area contributed by atoms with Gasteiger partial charge in [-0.3, -0.25) is 4.79 Å². The molecule has 0 aliphatic rings. The fraction of sp³-hybridized carbons (Fsp3) is 0.214. The van der Waals surface area contributed by atoms with Crippen molar-refractivity contribution in [1.82, 2.24) is 9.88 Å². The minimum Gasteiger partial charge on any atom is -0.477 e. The van der Waals surface area contributed by atoms with Gasteiger partial charge in [0, 0.05) is 17.4 Å². The highest BCUT2D eigenvalue weighted by molar-refractivity contribution is 5.95. The van der Waals surface area contributed by atoms with Crippen LogP contribution in [0.4, 0.5) is 0 Å². The summed E-state index contributed by atoms with van der Waals surface area (Å²) in [5.41, 5.74) is 0.766.